The number of aryl methyl sites for hydroxylation is 1. The first-order valence-corrected chi connectivity index (χ1v) is 6.07. The van der Waals surface area contributed by atoms with Gasteiger partial charge in [0.1, 0.15) is 5.82 Å². The summed E-state index contributed by atoms with van der Waals surface area (Å²) in [7, 11) is 0. The van der Waals surface area contributed by atoms with E-state index in [4.69, 9.17) is 0 Å². The van der Waals surface area contributed by atoms with Gasteiger partial charge in [0.2, 0.25) is 0 Å². The molecule has 0 radical (unpaired) electrons. The van der Waals surface area contributed by atoms with E-state index in [2.05, 4.69) is 15.3 Å². The first-order valence-electron chi connectivity index (χ1n) is 6.07. The van der Waals surface area contributed by atoms with E-state index in [9.17, 15) is 4.79 Å². The Morgan fingerprint density at radius 3 is 2.88 bits per heavy atom. The van der Waals surface area contributed by atoms with Gasteiger partial charge in [0.25, 0.3) is 0 Å². The smallest absolute Gasteiger partial charge is 0.317 e. The number of likely N-dealkylation sites (tertiary alicyclic amines) is 1. The number of nitrogens with one attached hydrogen (secondary N) is 1. The Bertz CT molecular complexity index is 388. The standard InChI is InChI=1S/C12H18N4O/c1-10-13-6-5-11(15-10)9-14-12(17)16-7-3-2-4-8-16/h5-6H,2-4,7-9H2,1H3,(H,14,17). The molecule has 5 nitrogen and oxygen atoms in total. The summed E-state index contributed by atoms with van der Waals surface area (Å²) < 4.78 is 0. The first kappa shape index (κ1) is 11.8. The number of piperidine rings is 1. The molecule has 1 aromatic rings. The molecule has 0 saturated carbocycles. The predicted molar refractivity (Wildman–Crippen MR) is 64.4 cm³/mol. The van der Waals surface area contributed by atoms with Crippen molar-refractivity contribution in [3.05, 3.63) is 23.8 Å². The van der Waals surface area contributed by atoms with E-state index in [1.807, 2.05) is 17.9 Å². The molecule has 1 aromatic heterocycles. The van der Waals surface area contributed by atoms with Crippen LogP contribution in [-0.2, 0) is 6.54 Å². The minimum atomic E-state index is 0.0148. The molecule has 2 heterocycles. The molecule has 1 N–H and O–H groups in total. The number of rotatable bonds is 2. The molecule has 1 aliphatic rings. The van der Waals surface area contributed by atoms with Crippen LogP contribution in [0.2, 0.25) is 0 Å². The average molecular weight is 234 g/mol. The average Bonchev–Trinajstić information content (AvgIpc) is 2.37. The highest BCUT2D eigenvalue weighted by Gasteiger charge is 2.15. The summed E-state index contributed by atoms with van der Waals surface area (Å²) in [6, 6.07) is 1.84. The lowest BCUT2D eigenvalue weighted by Crippen LogP contribution is -2.42. The van der Waals surface area contributed by atoms with Crippen molar-refractivity contribution in [1.82, 2.24) is 20.2 Å². The molecule has 1 fully saturated rings. The number of carbonyl (C=O) groups is 1. The van der Waals surface area contributed by atoms with Crippen molar-refractivity contribution in [3.63, 3.8) is 0 Å². The van der Waals surface area contributed by atoms with Crippen molar-refractivity contribution in [1.29, 1.82) is 0 Å². The van der Waals surface area contributed by atoms with Crippen LogP contribution >= 0.6 is 0 Å². The lowest BCUT2D eigenvalue weighted by atomic mass is 10.1. The Balaban J connectivity index is 1.83. The van der Waals surface area contributed by atoms with E-state index >= 15 is 0 Å². The normalized spacial score (nSPS) is 15.7. The van der Waals surface area contributed by atoms with Crippen LogP contribution in [0.15, 0.2) is 12.3 Å². The van der Waals surface area contributed by atoms with Gasteiger partial charge < -0.3 is 10.2 Å². The summed E-state index contributed by atoms with van der Waals surface area (Å²) in [5, 5.41) is 2.89. The van der Waals surface area contributed by atoms with Gasteiger partial charge >= 0.3 is 6.03 Å². The number of aromatic nitrogens is 2. The van der Waals surface area contributed by atoms with Crippen molar-refractivity contribution in [2.45, 2.75) is 32.7 Å². The fourth-order valence-electron chi connectivity index (χ4n) is 1.98. The van der Waals surface area contributed by atoms with Crippen LogP contribution in [0.4, 0.5) is 4.79 Å². The van der Waals surface area contributed by atoms with Crippen molar-refractivity contribution >= 4 is 6.03 Å². The zero-order valence-corrected chi connectivity index (χ0v) is 10.1. The third-order valence-corrected chi connectivity index (χ3v) is 2.90. The van der Waals surface area contributed by atoms with E-state index < -0.39 is 0 Å². The molecule has 0 atom stereocenters. The number of amides is 2. The molecule has 1 saturated heterocycles. The summed E-state index contributed by atoms with van der Waals surface area (Å²) in [4.78, 5) is 22.0. The third-order valence-electron chi connectivity index (χ3n) is 2.90. The molecular formula is C12H18N4O. The molecule has 0 spiro atoms. The Morgan fingerprint density at radius 1 is 1.41 bits per heavy atom. The van der Waals surface area contributed by atoms with E-state index in [1.165, 1.54) is 6.42 Å². The Morgan fingerprint density at radius 2 is 2.18 bits per heavy atom. The molecule has 0 aromatic carbocycles. The Kier molecular flexibility index (Phi) is 3.90. The quantitative estimate of drug-likeness (QED) is 0.843. The number of carbonyl (C=O) groups excluding carboxylic acids is 1. The Hall–Kier alpha value is -1.65. The monoisotopic (exact) mass is 234 g/mol. The molecule has 5 heteroatoms. The molecule has 0 aliphatic carbocycles. The van der Waals surface area contributed by atoms with Gasteiger partial charge in [0.05, 0.1) is 12.2 Å². The maximum absolute atomic E-state index is 11.8. The van der Waals surface area contributed by atoms with E-state index in [-0.39, 0.29) is 6.03 Å². The molecular weight excluding hydrogens is 216 g/mol. The molecule has 0 bridgehead atoms. The summed E-state index contributed by atoms with van der Waals surface area (Å²) in [6.45, 7) is 4.05. The molecule has 1 aliphatic heterocycles. The van der Waals surface area contributed by atoms with Crippen LogP contribution in [0.3, 0.4) is 0 Å². The van der Waals surface area contributed by atoms with Gasteiger partial charge in [-0.1, -0.05) is 0 Å². The fraction of sp³-hybridized carbons (Fsp3) is 0.583. The number of urea groups is 1. The predicted octanol–water partition coefficient (Wildman–Crippen LogP) is 1.48. The van der Waals surface area contributed by atoms with Gasteiger partial charge in [-0.2, -0.15) is 0 Å². The number of hydrogen-bond donors (Lipinski definition) is 1. The van der Waals surface area contributed by atoms with Gasteiger partial charge in [-0.05, 0) is 32.3 Å². The SMILES string of the molecule is Cc1nccc(CNC(=O)N2CCCCC2)n1. The summed E-state index contributed by atoms with van der Waals surface area (Å²) in [5.41, 5.74) is 0.850. The van der Waals surface area contributed by atoms with Gasteiger partial charge in [-0.3, -0.25) is 0 Å². The zero-order chi connectivity index (χ0) is 12.1. The zero-order valence-electron chi connectivity index (χ0n) is 10.1. The summed E-state index contributed by atoms with van der Waals surface area (Å²) in [5.74, 6) is 0.731. The highest BCUT2D eigenvalue weighted by molar-refractivity contribution is 5.74. The van der Waals surface area contributed by atoms with Crippen LogP contribution in [0.5, 0.6) is 0 Å². The van der Waals surface area contributed by atoms with E-state index in [0.717, 1.165) is 37.4 Å². The minimum Gasteiger partial charge on any atom is -0.332 e. The van der Waals surface area contributed by atoms with Crippen molar-refractivity contribution < 1.29 is 4.79 Å². The van der Waals surface area contributed by atoms with Gasteiger partial charge in [-0.25, -0.2) is 14.8 Å². The van der Waals surface area contributed by atoms with Crippen LogP contribution < -0.4 is 5.32 Å². The van der Waals surface area contributed by atoms with E-state index in [0.29, 0.717) is 6.54 Å². The molecule has 92 valence electrons. The number of hydrogen-bond acceptors (Lipinski definition) is 3. The summed E-state index contributed by atoms with van der Waals surface area (Å²) >= 11 is 0. The molecule has 2 rings (SSSR count). The summed E-state index contributed by atoms with van der Waals surface area (Å²) in [6.07, 6.45) is 5.17. The van der Waals surface area contributed by atoms with Crippen LogP contribution in [0.1, 0.15) is 30.8 Å². The fourth-order valence-corrected chi connectivity index (χ4v) is 1.98. The van der Waals surface area contributed by atoms with Crippen LogP contribution in [0, 0.1) is 6.92 Å². The minimum absolute atomic E-state index is 0.0148. The van der Waals surface area contributed by atoms with Crippen molar-refractivity contribution in [2.75, 3.05) is 13.1 Å². The third kappa shape index (κ3) is 3.41. The molecule has 17 heavy (non-hydrogen) atoms. The van der Waals surface area contributed by atoms with Crippen LogP contribution in [-0.4, -0.2) is 34.0 Å². The van der Waals surface area contributed by atoms with Gasteiger partial charge in [0, 0.05) is 19.3 Å². The van der Waals surface area contributed by atoms with Crippen LogP contribution in [0.25, 0.3) is 0 Å². The second-order valence-corrected chi connectivity index (χ2v) is 4.30. The maximum Gasteiger partial charge on any atom is 0.317 e. The Labute approximate surface area is 101 Å². The number of nitrogens with zero attached hydrogens (tertiary/aromatic N) is 3. The largest absolute Gasteiger partial charge is 0.332 e. The topological polar surface area (TPSA) is 58.1 Å². The van der Waals surface area contributed by atoms with Gasteiger partial charge in [-0.15, -0.1) is 0 Å². The van der Waals surface area contributed by atoms with Crippen molar-refractivity contribution in [3.8, 4) is 0 Å². The second-order valence-electron chi connectivity index (χ2n) is 4.30. The van der Waals surface area contributed by atoms with Gasteiger partial charge in [0.15, 0.2) is 0 Å². The molecule has 2 amide bonds. The van der Waals surface area contributed by atoms with Crippen molar-refractivity contribution in [2.24, 2.45) is 0 Å². The first-order chi connectivity index (χ1) is 8.25. The van der Waals surface area contributed by atoms with E-state index in [1.54, 1.807) is 6.20 Å². The maximum atomic E-state index is 11.8. The highest BCUT2D eigenvalue weighted by Crippen LogP contribution is 2.08. The second kappa shape index (κ2) is 5.61. The molecule has 0 unspecified atom stereocenters. The highest BCUT2D eigenvalue weighted by atomic mass is 16.2. The lowest BCUT2D eigenvalue weighted by Gasteiger charge is -2.26. The lowest BCUT2D eigenvalue weighted by molar-refractivity contribution is 0.186.